The van der Waals surface area contributed by atoms with Gasteiger partial charge in [0.05, 0.1) is 31.7 Å². The van der Waals surface area contributed by atoms with Crippen LogP contribution in [0.25, 0.3) is 6.08 Å². The fourth-order valence-electron chi connectivity index (χ4n) is 8.86. The van der Waals surface area contributed by atoms with Gasteiger partial charge in [-0.15, -0.1) is 0 Å². The lowest BCUT2D eigenvalue weighted by Gasteiger charge is -2.46. The molecule has 11 heteroatoms. The zero-order chi connectivity index (χ0) is 37.9. The number of allylic oxidation sites excluding steroid dienone is 1. The second-order valence-electron chi connectivity index (χ2n) is 15.4. The van der Waals surface area contributed by atoms with Crippen molar-refractivity contribution in [2.24, 2.45) is 17.8 Å². The normalized spacial score (nSPS) is 22.2. The number of amides is 3. The minimum Gasteiger partial charge on any atom is -0.507 e. The van der Waals surface area contributed by atoms with Crippen LogP contribution in [-0.4, -0.2) is 68.2 Å². The van der Waals surface area contributed by atoms with Crippen LogP contribution < -0.4 is 10.4 Å². The lowest BCUT2D eigenvalue weighted by Crippen LogP contribution is -2.66. The molecule has 4 atom stereocenters. The summed E-state index contributed by atoms with van der Waals surface area (Å²) < 4.78 is 18.6. The number of carbonyl (C=O) groups is 3. The molecule has 1 aliphatic carbocycles. The lowest BCUT2D eigenvalue weighted by molar-refractivity contribution is -0.137. The molecule has 2 heterocycles. The van der Waals surface area contributed by atoms with E-state index in [1.54, 1.807) is 12.1 Å². The van der Waals surface area contributed by atoms with E-state index in [9.17, 15) is 24.5 Å². The predicted octanol–water partition coefficient (Wildman–Crippen LogP) is 6.50. The Hall–Kier alpha value is -4.29. The van der Waals surface area contributed by atoms with Crippen LogP contribution in [0.15, 0.2) is 102 Å². The quantitative estimate of drug-likeness (QED) is 0.130. The van der Waals surface area contributed by atoms with Crippen LogP contribution in [0.3, 0.4) is 0 Å². The molecule has 0 bridgehead atoms. The summed E-state index contributed by atoms with van der Waals surface area (Å²) in [6.07, 6.45) is 3.62. The first-order chi connectivity index (χ1) is 25.4. The molecule has 9 nitrogen and oxygen atoms in total. The molecule has 3 aromatic rings. The highest BCUT2D eigenvalue weighted by molar-refractivity contribution is 6.99. The first-order valence-corrected chi connectivity index (χ1v) is 20.6. The number of likely N-dealkylation sites (tertiary alicyclic amines) is 1. The molecule has 0 spiro atoms. The van der Waals surface area contributed by atoms with E-state index in [-0.39, 0.29) is 30.1 Å². The molecule has 3 aliphatic rings. The van der Waals surface area contributed by atoms with Crippen molar-refractivity contribution in [1.82, 2.24) is 4.90 Å². The van der Waals surface area contributed by atoms with Gasteiger partial charge in [-0.2, -0.15) is 4.90 Å². The molecule has 3 aromatic carbocycles. The number of hydrogen-bond donors (Lipinski definition) is 2. The van der Waals surface area contributed by atoms with Gasteiger partial charge in [0.1, 0.15) is 5.75 Å². The largest absolute Gasteiger partial charge is 0.507 e. The Balaban J connectivity index is 1.44. The summed E-state index contributed by atoms with van der Waals surface area (Å²) in [5.41, 5.74) is 3.60. The number of phenolic OH excluding ortho intramolecular Hbond substituents is 1. The lowest BCUT2D eigenvalue weighted by atomic mass is 9.58. The van der Waals surface area contributed by atoms with Gasteiger partial charge in [-0.25, -0.2) is 4.79 Å². The highest BCUT2D eigenvalue weighted by atomic mass is 28.4. The number of nitrogens with zero attached hydrogens (tertiary/aromatic N) is 1. The summed E-state index contributed by atoms with van der Waals surface area (Å²) in [7, 11) is -3.03. The third-order valence-electron chi connectivity index (χ3n) is 11.1. The van der Waals surface area contributed by atoms with Crippen molar-refractivity contribution in [1.29, 1.82) is 0 Å². The number of phenols is 1. The molecular weight excluding hydrogens is 685 g/mol. The predicted molar refractivity (Wildman–Crippen MR) is 208 cm³/mol. The van der Waals surface area contributed by atoms with Gasteiger partial charge in [-0.05, 0) is 70.5 Å². The number of rotatable bonds is 11. The molecule has 278 valence electrons. The van der Waals surface area contributed by atoms with Crippen molar-refractivity contribution in [3.8, 4) is 5.75 Å². The Bertz CT molecular complexity index is 1830. The van der Waals surface area contributed by atoms with E-state index in [1.165, 1.54) is 0 Å². The summed E-state index contributed by atoms with van der Waals surface area (Å²) in [5, 5.41) is 23.6. The van der Waals surface area contributed by atoms with Gasteiger partial charge in [0.2, 0.25) is 11.8 Å². The molecule has 6 rings (SSSR count). The third-order valence-corrected chi connectivity index (χ3v) is 16.1. The van der Waals surface area contributed by atoms with Gasteiger partial charge < -0.3 is 23.9 Å². The number of benzene rings is 3. The van der Waals surface area contributed by atoms with Gasteiger partial charge in [0, 0.05) is 5.56 Å². The van der Waals surface area contributed by atoms with Crippen LogP contribution in [-0.2, 0) is 23.4 Å². The van der Waals surface area contributed by atoms with Crippen molar-refractivity contribution in [3.63, 3.8) is 0 Å². The minimum atomic E-state index is -3.02. The van der Waals surface area contributed by atoms with Crippen molar-refractivity contribution in [2.45, 2.75) is 77.3 Å². The van der Waals surface area contributed by atoms with Crippen LogP contribution in [0.2, 0.25) is 11.4 Å². The highest BCUT2D eigenvalue weighted by Gasteiger charge is 2.59. The standard InChI is InChI=1S/C42H50BNO8Si/c1-6-15-28(24-29-16-13-14-21-35(29)45)22-23-36-37-30(25-33-38(34(37)26-43(49)52-36)40(47)44(39(33)46)41(48)50-5)27-51-53(42(2,3)4,31-17-9-7-10-18-31)32-19-11-8-12-20-32/h7-14,16-21,24,33-34,36,38,45,49H,6,15,22-23,25-27H2,1-5H3/b28-24+/t33-,34+,36-,38-/m1/s1. The average molecular weight is 736 g/mol. The molecule has 2 saturated heterocycles. The summed E-state index contributed by atoms with van der Waals surface area (Å²) in [6, 6.07) is 27.9. The summed E-state index contributed by atoms with van der Waals surface area (Å²) in [4.78, 5) is 41.2. The molecule has 2 aliphatic heterocycles. The monoisotopic (exact) mass is 735 g/mol. The van der Waals surface area contributed by atoms with Crippen molar-refractivity contribution in [2.75, 3.05) is 13.7 Å². The van der Waals surface area contributed by atoms with Crippen LogP contribution in [0.5, 0.6) is 5.75 Å². The number of aromatic hydroxyl groups is 1. The van der Waals surface area contributed by atoms with Crippen LogP contribution in [0.4, 0.5) is 4.79 Å². The van der Waals surface area contributed by atoms with Crippen LogP contribution in [0.1, 0.15) is 65.4 Å². The molecule has 0 saturated carbocycles. The maximum absolute atomic E-state index is 13.9. The van der Waals surface area contributed by atoms with E-state index in [2.05, 4.69) is 52.0 Å². The van der Waals surface area contributed by atoms with Crippen molar-refractivity contribution < 1.29 is 38.3 Å². The highest BCUT2D eigenvalue weighted by Crippen LogP contribution is 2.51. The second-order valence-corrected chi connectivity index (χ2v) is 19.7. The third kappa shape index (κ3) is 7.45. The summed E-state index contributed by atoms with van der Waals surface area (Å²) >= 11 is 0. The first kappa shape index (κ1) is 38.4. The fraction of sp³-hybridized carbons (Fsp3) is 0.405. The molecule has 2 fully saturated rings. The number of carbonyl (C=O) groups excluding carboxylic acids is 3. The van der Waals surface area contributed by atoms with E-state index in [4.69, 9.17) is 13.8 Å². The second kappa shape index (κ2) is 16.0. The van der Waals surface area contributed by atoms with Gasteiger partial charge in [-0.1, -0.05) is 125 Å². The summed E-state index contributed by atoms with van der Waals surface area (Å²) in [6.45, 7) is 8.92. The van der Waals surface area contributed by atoms with Crippen LogP contribution in [0, 0.1) is 17.8 Å². The van der Waals surface area contributed by atoms with Gasteiger partial charge >= 0.3 is 13.2 Å². The Morgan fingerprint density at radius 3 is 2.15 bits per heavy atom. The molecule has 2 N–H and O–H groups in total. The van der Waals surface area contributed by atoms with Gasteiger partial charge in [0.25, 0.3) is 8.32 Å². The average Bonchev–Trinajstić information content (AvgIpc) is 3.40. The van der Waals surface area contributed by atoms with Crippen molar-refractivity contribution >= 4 is 49.8 Å². The zero-order valence-electron chi connectivity index (χ0n) is 31.3. The Morgan fingerprint density at radius 2 is 1.57 bits per heavy atom. The molecular formula is C42H50BNO8Si. The molecule has 0 radical (unpaired) electrons. The number of ether oxygens (including phenoxy) is 1. The molecule has 0 aromatic heterocycles. The van der Waals surface area contributed by atoms with E-state index in [0.29, 0.717) is 17.7 Å². The van der Waals surface area contributed by atoms with Gasteiger partial charge in [0.15, 0.2) is 0 Å². The number of para-hydroxylation sites is 1. The fourth-order valence-corrected chi connectivity index (χ4v) is 13.4. The smallest absolute Gasteiger partial charge is 0.455 e. The maximum atomic E-state index is 13.9. The van der Waals surface area contributed by atoms with E-state index >= 15 is 0 Å². The number of imide groups is 3. The minimum absolute atomic E-state index is 0.110. The van der Waals surface area contributed by atoms with Gasteiger partial charge in [-0.3, -0.25) is 9.59 Å². The number of methoxy groups -OCH3 is 1. The first-order valence-electron chi connectivity index (χ1n) is 18.6. The maximum Gasteiger partial charge on any atom is 0.455 e. The number of hydrogen-bond acceptors (Lipinski definition) is 8. The molecule has 3 amide bonds. The number of fused-ring (bicyclic) bond motifs is 3. The summed E-state index contributed by atoms with van der Waals surface area (Å²) in [5.74, 6) is -3.14. The molecule has 53 heavy (non-hydrogen) atoms. The van der Waals surface area contributed by atoms with Crippen molar-refractivity contribution in [3.05, 3.63) is 107 Å². The SMILES string of the molecule is CCC/C(=C\c1ccccc1O)CC[C@H]1OB(O)C[C@H]2C1=C(CO[Si](c1ccccc1)(c1ccccc1)C(C)(C)C)C[C@H]1C(=O)N(C(=O)OC)C(=O)[C@H]12. The Labute approximate surface area is 313 Å². The van der Waals surface area contributed by atoms with E-state index in [0.717, 1.165) is 52.6 Å². The Kier molecular flexibility index (Phi) is 11.6. The Morgan fingerprint density at radius 1 is 0.943 bits per heavy atom. The zero-order valence-corrected chi connectivity index (χ0v) is 32.3. The molecule has 0 unspecified atom stereocenters. The van der Waals surface area contributed by atoms with E-state index < -0.39 is 57.2 Å². The van der Waals surface area contributed by atoms with Crippen LogP contribution >= 0.6 is 0 Å². The topological polar surface area (TPSA) is 123 Å². The van der Waals surface area contributed by atoms with E-state index in [1.807, 2.05) is 54.6 Å².